The van der Waals surface area contributed by atoms with Gasteiger partial charge >= 0.3 is 0 Å². The fourth-order valence-corrected chi connectivity index (χ4v) is 2.44. The van der Waals surface area contributed by atoms with Crippen molar-refractivity contribution in [1.82, 2.24) is 25.0 Å². The van der Waals surface area contributed by atoms with Crippen LogP contribution in [0.2, 0.25) is 0 Å². The summed E-state index contributed by atoms with van der Waals surface area (Å²) in [5.41, 5.74) is 1.24. The largest absolute Gasteiger partial charge is 0.386 e. The zero-order valence-electron chi connectivity index (χ0n) is 11.7. The molecule has 1 atom stereocenters. The summed E-state index contributed by atoms with van der Waals surface area (Å²) in [5.74, 6) is 0.683. The van der Waals surface area contributed by atoms with Crippen LogP contribution in [-0.4, -0.2) is 48.8 Å². The molecule has 1 aliphatic rings. The van der Waals surface area contributed by atoms with Gasteiger partial charge in [0.2, 0.25) is 5.95 Å². The van der Waals surface area contributed by atoms with Crippen molar-refractivity contribution in [2.24, 2.45) is 0 Å². The van der Waals surface area contributed by atoms with Gasteiger partial charge in [-0.3, -0.25) is 0 Å². The van der Waals surface area contributed by atoms with E-state index >= 15 is 0 Å². The first-order chi connectivity index (χ1) is 9.56. The summed E-state index contributed by atoms with van der Waals surface area (Å²) in [6.45, 7) is 5.65. The van der Waals surface area contributed by atoms with E-state index in [9.17, 15) is 5.11 Å². The number of hydrogen-bond acceptors (Lipinski definition) is 6. The fourth-order valence-electron chi connectivity index (χ4n) is 2.44. The number of rotatable bonds is 3. The van der Waals surface area contributed by atoms with Crippen molar-refractivity contribution in [3.63, 3.8) is 0 Å². The van der Waals surface area contributed by atoms with Crippen LogP contribution in [-0.2, 0) is 6.54 Å². The lowest BCUT2D eigenvalue weighted by molar-refractivity contribution is 0.0408. The number of nitrogens with zero attached hydrogens (tertiary/aromatic N) is 6. The van der Waals surface area contributed by atoms with Crippen LogP contribution in [0.4, 0.5) is 5.95 Å². The van der Waals surface area contributed by atoms with Gasteiger partial charge in [-0.2, -0.15) is 0 Å². The Morgan fingerprint density at radius 2 is 2.25 bits per heavy atom. The van der Waals surface area contributed by atoms with Gasteiger partial charge in [0.1, 0.15) is 5.60 Å². The molecule has 0 spiro atoms. The number of β-amino-alcohol motifs (C(OH)–C–C–N with tert-alkyl or cyclic N) is 1. The van der Waals surface area contributed by atoms with Gasteiger partial charge in [0.15, 0.2) is 0 Å². The Balaban J connectivity index is 1.73. The third-order valence-electron chi connectivity index (χ3n) is 3.76. The lowest BCUT2D eigenvalue weighted by atomic mass is 10.0. The van der Waals surface area contributed by atoms with Crippen molar-refractivity contribution in [2.45, 2.75) is 32.4 Å². The van der Waals surface area contributed by atoms with E-state index < -0.39 is 5.60 Å². The quantitative estimate of drug-likeness (QED) is 0.868. The minimum atomic E-state index is -0.810. The Morgan fingerprint density at radius 1 is 1.40 bits per heavy atom. The van der Waals surface area contributed by atoms with Gasteiger partial charge in [0, 0.05) is 24.6 Å². The summed E-state index contributed by atoms with van der Waals surface area (Å²) < 4.78 is 1.66. The van der Waals surface area contributed by atoms with Gasteiger partial charge in [-0.25, -0.2) is 14.6 Å². The van der Waals surface area contributed by atoms with Crippen molar-refractivity contribution < 1.29 is 5.11 Å². The molecule has 0 saturated carbocycles. The van der Waals surface area contributed by atoms with E-state index in [1.165, 1.54) is 0 Å². The molecule has 0 amide bonds. The Morgan fingerprint density at radius 3 is 2.95 bits per heavy atom. The topological polar surface area (TPSA) is 80.0 Å². The van der Waals surface area contributed by atoms with Gasteiger partial charge in [-0.05, 0) is 25.8 Å². The van der Waals surface area contributed by atoms with Crippen molar-refractivity contribution in [1.29, 1.82) is 0 Å². The van der Waals surface area contributed by atoms with Gasteiger partial charge in [0.25, 0.3) is 0 Å². The van der Waals surface area contributed by atoms with Crippen LogP contribution in [0.25, 0.3) is 0 Å². The van der Waals surface area contributed by atoms with E-state index in [0.717, 1.165) is 17.8 Å². The molecule has 106 valence electrons. The number of aromatic nitrogens is 5. The van der Waals surface area contributed by atoms with Crippen molar-refractivity contribution in [3.8, 4) is 0 Å². The van der Waals surface area contributed by atoms with Gasteiger partial charge in [-0.1, -0.05) is 5.21 Å². The molecule has 3 heterocycles. The molecule has 1 N–H and O–H groups in total. The summed E-state index contributed by atoms with van der Waals surface area (Å²) in [4.78, 5) is 10.9. The van der Waals surface area contributed by atoms with Crippen LogP contribution in [0, 0.1) is 13.8 Å². The highest BCUT2D eigenvalue weighted by Gasteiger charge is 2.37. The van der Waals surface area contributed by atoms with E-state index in [0.29, 0.717) is 25.5 Å². The SMILES string of the molecule is Cc1cnc(N2CCC(O)(Cn3ccnn3)C2)nc1C. The summed E-state index contributed by atoms with van der Waals surface area (Å²) in [6, 6.07) is 0. The van der Waals surface area contributed by atoms with Crippen LogP contribution < -0.4 is 4.90 Å². The Bertz CT molecular complexity index is 599. The smallest absolute Gasteiger partial charge is 0.225 e. The second-order valence-electron chi connectivity index (χ2n) is 5.43. The standard InChI is InChI=1S/C13H18N6O/c1-10-7-14-12(16-11(10)2)18-5-3-13(20,8-18)9-19-6-4-15-17-19/h4,6-7,20H,3,5,8-9H2,1-2H3. The van der Waals surface area contributed by atoms with Crippen molar-refractivity contribution in [3.05, 3.63) is 29.8 Å². The number of hydrogen-bond donors (Lipinski definition) is 1. The third kappa shape index (κ3) is 2.49. The number of anilines is 1. The van der Waals surface area contributed by atoms with Crippen LogP contribution in [0.5, 0.6) is 0 Å². The summed E-state index contributed by atoms with van der Waals surface area (Å²) in [7, 11) is 0. The van der Waals surface area contributed by atoms with E-state index in [-0.39, 0.29) is 0 Å². The normalized spacial score (nSPS) is 22.4. The van der Waals surface area contributed by atoms with Crippen LogP contribution in [0.1, 0.15) is 17.7 Å². The molecule has 0 bridgehead atoms. The summed E-state index contributed by atoms with van der Waals surface area (Å²) in [5, 5.41) is 18.3. The van der Waals surface area contributed by atoms with Gasteiger partial charge < -0.3 is 10.0 Å². The maximum absolute atomic E-state index is 10.6. The molecule has 2 aromatic heterocycles. The second kappa shape index (κ2) is 4.82. The Labute approximate surface area is 117 Å². The lowest BCUT2D eigenvalue weighted by Gasteiger charge is -2.23. The zero-order valence-corrected chi connectivity index (χ0v) is 11.7. The van der Waals surface area contributed by atoms with Crippen LogP contribution in [0.3, 0.4) is 0 Å². The van der Waals surface area contributed by atoms with Crippen molar-refractivity contribution in [2.75, 3.05) is 18.0 Å². The Kier molecular flexibility index (Phi) is 3.13. The van der Waals surface area contributed by atoms with E-state index in [4.69, 9.17) is 0 Å². The average Bonchev–Trinajstić information content (AvgIpc) is 3.03. The molecule has 2 aromatic rings. The zero-order chi connectivity index (χ0) is 14.2. The molecule has 1 aliphatic heterocycles. The molecular weight excluding hydrogens is 256 g/mol. The predicted molar refractivity (Wildman–Crippen MR) is 73.3 cm³/mol. The lowest BCUT2D eigenvalue weighted by Crippen LogP contribution is -2.38. The van der Waals surface area contributed by atoms with Gasteiger partial charge in [-0.15, -0.1) is 5.10 Å². The first kappa shape index (κ1) is 13.0. The minimum Gasteiger partial charge on any atom is -0.386 e. The highest BCUT2D eigenvalue weighted by Crippen LogP contribution is 2.26. The molecule has 1 saturated heterocycles. The molecule has 7 heteroatoms. The Hall–Kier alpha value is -2.02. The first-order valence-electron chi connectivity index (χ1n) is 6.67. The average molecular weight is 274 g/mol. The van der Waals surface area contributed by atoms with Crippen LogP contribution >= 0.6 is 0 Å². The van der Waals surface area contributed by atoms with Crippen LogP contribution in [0.15, 0.2) is 18.6 Å². The third-order valence-corrected chi connectivity index (χ3v) is 3.76. The summed E-state index contributed by atoms with van der Waals surface area (Å²) in [6.07, 6.45) is 5.87. The van der Waals surface area contributed by atoms with E-state index in [1.807, 2.05) is 24.9 Å². The van der Waals surface area contributed by atoms with Crippen molar-refractivity contribution >= 4 is 5.95 Å². The summed E-state index contributed by atoms with van der Waals surface area (Å²) >= 11 is 0. The molecule has 1 fully saturated rings. The highest BCUT2D eigenvalue weighted by molar-refractivity contribution is 5.35. The maximum Gasteiger partial charge on any atom is 0.225 e. The fraction of sp³-hybridized carbons (Fsp3) is 0.538. The maximum atomic E-state index is 10.6. The number of aliphatic hydroxyl groups is 1. The molecule has 7 nitrogen and oxygen atoms in total. The molecule has 1 unspecified atom stereocenters. The van der Waals surface area contributed by atoms with E-state index in [2.05, 4.69) is 20.3 Å². The molecule has 0 aliphatic carbocycles. The highest BCUT2D eigenvalue weighted by atomic mass is 16.3. The molecule has 3 rings (SSSR count). The second-order valence-corrected chi connectivity index (χ2v) is 5.43. The first-order valence-corrected chi connectivity index (χ1v) is 6.67. The van der Waals surface area contributed by atoms with E-state index in [1.54, 1.807) is 17.1 Å². The number of aryl methyl sites for hydroxylation is 2. The molecule has 0 radical (unpaired) electrons. The van der Waals surface area contributed by atoms with Gasteiger partial charge in [0.05, 0.1) is 19.3 Å². The monoisotopic (exact) mass is 274 g/mol. The predicted octanol–water partition coefficient (Wildman–Crippen LogP) is 0.326. The molecule has 0 aromatic carbocycles. The molecule has 20 heavy (non-hydrogen) atoms. The minimum absolute atomic E-state index is 0.439. The molecular formula is C13H18N6O.